The molecule has 0 aromatic heterocycles. The highest BCUT2D eigenvalue weighted by molar-refractivity contribution is 7.47. The van der Waals surface area contributed by atoms with Crippen LogP contribution in [-0.2, 0) is 42.2 Å². The first-order valence-electron chi connectivity index (χ1n) is 29.8. The van der Waals surface area contributed by atoms with E-state index in [1.54, 1.807) is 0 Å². The Bertz CT molecular complexity index is 1690. The van der Waals surface area contributed by atoms with Crippen LogP contribution in [0.1, 0.15) is 239 Å². The summed E-state index contributed by atoms with van der Waals surface area (Å²) in [6.07, 6.45) is 69.2. The van der Waals surface area contributed by atoms with Crippen molar-refractivity contribution in [2.75, 3.05) is 26.4 Å². The van der Waals surface area contributed by atoms with Gasteiger partial charge in [0.05, 0.1) is 19.8 Å². The topological polar surface area (TPSA) is 155 Å². The Labute approximate surface area is 463 Å². The molecule has 0 radical (unpaired) electrons. The molecule has 434 valence electrons. The minimum absolute atomic E-state index is 0.0826. The number of aliphatic hydroxyl groups is 1. The summed E-state index contributed by atoms with van der Waals surface area (Å²) in [5.41, 5.74) is 0. The fraction of sp³-hybridized carbons (Fsp3) is 0.672. The van der Waals surface area contributed by atoms with Crippen LogP contribution in [0.2, 0.25) is 0 Å². The van der Waals surface area contributed by atoms with Gasteiger partial charge in [-0.15, -0.1) is 0 Å². The lowest BCUT2D eigenvalue weighted by Crippen LogP contribution is -2.30. The van der Waals surface area contributed by atoms with E-state index in [-0.39, 0.29) is 25.9 Å². The van der Waals surface area contributed by atoms with Crippen molar-refractivity contribution in [3.05, 3.63) is 109 Å². The van der Waals surface area contributed by atoms with Crippen molar-refractivity contribution in [2.24, 2.45) is 0 Å². The molecule has 0 fully saturated rings. The van der Waals surface area contributed by atoms with Crippen molar-refractivity contribution in [1.29, 1.82) is 0 Å². The molecule has 2 N–H and O–H groups in total. The van der Waals surface area contributed by atoms with Gasteiger partial charge in [-0.25, -0.2) is 4.57 Å². The van der Waals surface area contributed by atoms with Crippen LogP contribution < -0.4 is 0 Å². The fourth-order valence-electron chi connectivity index (χ4n) is 7.74. The molecule has 11 nitrogen and oxygen atoms in total. The van der Waals surface area contributed by atoms with Gasteiger partial charge in [0, 0.05) is 19.3 Å². The summed E-state index contributed by atoms with van der Waals surface area (Å²) >= 11 is 0. The lowest BCUT2D eigenvalue weighted by atomic mass is 10.0. The summed E-state index contributed by atoms with van der Waals surface area (Å²) in [5.74, 6) is -1.58. The minimum Gasteiger partial charge on any atom is -0.462 e. The number of hydrogen-bond donors (Lipinski definition) is 2. The van der Waals surface area contributed by atoms with E-state index in [0.717, 1.165) is 89.9 Å². The van der Waals surface area contributed by atoms with E-state index in [1.807, 2.05) is 12.2 Å². The van der Waals surface area contributed by atoms with Crippen LogP contribution >= 0.6 is 7.82 Å². The van der Waals surface area contributed by atoms with Crippen LogP contribution in [0, 0.1) is 0 Å². The van der Waals surface area contributed by atoms with Crippen molar-refractivity contribution in [2.45, 2.75) is 251 Å². The maximum Gasteiger partial charge on any atom is 0.472 e. The first-order valence-corrected chi connectivity index (χ1v) is 31.3. The summed E-state index contributed by atoms with van der Waals surface area (Å²) in [5, 5.41) is 9.81. The lowest BCUT2D eigenvalue weighted by Gasteiger charge is -2.21. The summed E-state index contributed by atoms with van der Waals surface area (Å²) in [7, 11) is -4.78. The second kappa shape index (κ2) is 57.3. The van der Waals surface area contributed by atoms with Crippen LogP contribution in [0.25, 0.3) is 0 Å². The van der Waals surface area contributed by atoms with Gasteiger partial charge in [-0.3, -0.25) is 23.4 Å². The van der Waals surface area contributed by atoms with E-state index in [0.29, 0.717) is 25.7 Å². The van der Waals surface area contributed by atoms with E-state index in [1.165, 1.54) is 83.5 Å². The number of unbranched alkanes of at least 4 members (excludes halogenated alkanes) is 19. The number of carbonyl (C=O) groups excluding carboxylic acids is 3. The third-order valence-corrected chi connectivity index (χ3v) is 13.1. The molecule has 0 amide bonds. The molecule has 12 heteroatoms. The minimum atomic E-state index is -4.78. The number of esters is 3. The third-order valence-electron chi connectivity index (χ3n) is 12.2. The highest BCUT2D eigenvalue weighted by atomic mass is 31.2. The van der Waals surface area contributed by atoms with E-state index in [2.05, 4.69) is 118 Å². The molecule has 3 unspecified atom stereocenters. The number of phosphoric acid groups is 1. The van der Waals surface area contributed by atoms with Gasteiger partial charge >= 0.3 is 25.7 Å². The number of rotatable bonds is 54. The summed E-state index contributed by atoms with van der Waals surface area (Å²) in [6, 6.07) is 0. The molecule has 0 aliphatic carbocycles. The molecule has 0 aliphatic rings. The molecule has 0 saturated carbocycles. The first kappa shape index (κ1) is 72.1. The molecule has 0 spiro atoms. The van der Waals surface area contributed by atoms with E-state index >= 15 is 0 Å². The average molecular weight is 1080 g/mol. The molecule has 0 aromatic carbocycles. The second-order valence-electron chi connectivity index (χ2n) is 19.4. The number of ether oxygens (including phenoxy) is 3. The van der Waals surface area contributed by atoms with Gasteiger partial charge in [0.15, 0.2) is 6.10 Å². The molecule has 0 aliphatic heterocycles. The Morgan fingerprint density at radius 1 is 0.382 bits per heavy atom. The predicted molar refractivity (Wildman–Crippen MR) is 316 cm³/mol. The van der Waals surface area contributed by atoms with Crippen molar-refractivity contribution in [3.8, 4) is 0 Å². The summed E-state index contributed by atoms with van der Waals surface area (Å²) in [6.45, 7) is 4.31. The van der Waals surface area contributed by atoms with E-state index in [9.17, 15) is 28.9 Å². The van der Waals surface area contributed by atoms with Gasteiger partial charge in [-0.2, -0.15) is 0 Å². The maximum absolute atomic E-state index is 12.9. The normalized spacial score (nSPS) is 14.1. The standard InChI is InChI=1S/C64H107O11P/c1-4-7-10-13-16-19-22-25-28-30-33-35-38-41-44-47-50-53-62(66)71-57-61(75-64(68)55-52-49-46-43-40-37-34-31-29-26-23-20-17-14-11-8-5-2)59-73-76(69,70)72-58-60(56-65)74-63(67)54-51-48-45-42-39-36-32-27-24-21-18-15-12-9-6-3/h8-9,11-12,17-18,20-21,26-27,29,32,34,37,39,42-43,46,60-61,65H,4-7,10,13-16,19,22-25,28,30-31,33,35-36,38,40-41,44-45,47-59H2,1-3H3,(H,69,70)/b11-8-,12-9-,20-17-,21-18-,29-26-,32-27-,37-34-,42-39-,46-43-. The van der Waals surface area contributed by atoms with Crippen LogP contribution in [0.4, 0.5) is 0 Å². The highest BCUT2D eigenvalue weighted by Crippen LogP contribution is 2.43. The van der Waals surface area contributed by atoms with E-state index in [4.69, 9.17) is 23.3 Å². The molecule has 0 saturated heterocycles. The fourth-order valence-corrected chi connectivity index (χ4v) is 8.52. The number of hydrogen-bond acceptors (Lipinski definition) is 10. The van der Waals surface area contributed by atoms with E-state index < -0.39 is 57.8 Å². The van der Waals surface area contributed by atoms with Crippen LogP contribution in [-0.4, -0.2) is 66.5 Å². The Morgan fingerprint density at radius 2 is 0.697 bits per heavy atom. The van der Waals surface area contributed by atoms with Crippen molar-refractivity contribution in [3.63, 3.8) is 0 Å². The van der Waals surface area contributed by atoms with Crippen molar-refractivity contribution in [1.82, 2.24) is 0 Å². The zero-order valence-corrected chi connectivity index (χ0v) is 48.8. The van der Waals surface area contributed by atoms with Gasteiger partial charge in [0.1, 0.15) is 12.7 Å². The average Bonchev–Trinajstić information content (AvgIpc) is 3.41. The van der Waals surface area contributed by atoms with Gasteiger partial charge in [0.2, 0.25) is 0 Å². The maximum atomic E-state index is 12.9. The van der Waals surface area contributed by atoms with Crippen molar-refractivity contribution < 1.29 is 52.2 Å². The van der Waals surface area contributed by atoms with Crippen molar-refractivity contribution >= 4 is 25.7 Å². The lowest BCUT2D eigenvalue weighted by molar-refractivity contribution is -0.161. The third kappa shape index (κ3) is 54.9. The van der Waals surface area contributed by atoms with Gasteiger partial charge < -0.3 is 24.2 Å². The number of aliphatic hydroxyl groups excluding tert-OH is 1. The van der Waals surface area contributed by atoms with Crippen LogP contribution in [0.5, 0.6) is 0 Å². The summed E-state index contributed by atoms with van der Waals surface area (Å²) in [4.78, 5) is 48.6. The molecule has 0 bridgehead atoms. The zero-order chi connectivity index (χ0) is 55.5. The molecular weight excluding hydrogens is 976 g/mol. The number of carbonyl (C=O) groups is 3. The number of phosphoric ester groups is 1. The number of allylic oxidation sites excluding steroid dienone is 18. The molecule has 76 heavy (non-hydrogen) atoms. The zero-order valence-electron chi connectivity index (χ0n) is 47.9. The monoisotopic (exact) mass is 1080 g/mol. The molecule has 0 rings (SSSR count). The quantitative estimate of drug-likeness (QED) is 0.0197. The Kier molecular flexibility index (Phi) is 54.4. The Balaban J connectivity index is 4.84. The largest absolute Gasteiger partial charge is 0.472 e. The molecule has 0 heterocycles. The van der Waals surface area contributed by atoms with Gasteiger partial charge in [-0.05, 0) is 96.3 Å². The molecule has 3 atom stereocenters. The van der Waals surface area contributed by atoms with Gasteiger partial charge in [-0.1, -0.05) is 233 Å². The smallest absolute Gasteiger partial charge is 0.462 e. The molecule has 0 aromatic rings. The second-order valence-corrected chi connectivity index (χ2v) is 20.9. The first-order chi connectivity index (χ1) is 37.2. The van der Waals surface area contributed by atoms with Crippen LogP contribution in [0.3, 0.4) is 0 Å². The highest BCUT2D eigenvalue weighted by Gasteiger charge is 2.28. The Morgan fingerprint density at radius 3 is 1.11 bits per heavy atom. The Hall–Kier alpha value is -3.86. The SMILES string of the molecule is CC/C=C\C/C=C\C/C=C\C/C=C\C/C=C\CCCC(=O)OC(COC(=O)CCCCCCCCCCCCCCCCCCC)COP(=O)(O)OCC(CO)OC(=O)CCCC/C=C\C/C=C\C/C=C\C/C=C\CC. The summed E-state index contributed by atoms with van der Waals surface area (Å²) < 4.78 is 39.5. The van der Waals surface area contributed by atoms with Crippen LogP contribution in [0.15, 0.2) is 109 Å². The van der Waals surface area contributed by atoms with Gasteiger partial charge in [0.25, 0.3) is 0 Å². The predicted octanol–water partition coefficient (Wildman–Crippen LogP) is 17.8. The molecular formula is C64H107O11P.